The van der Waals surface area contributed by atoms with Crippen LogP contribution in [0.3, 0.4) is 0 Å². The Hall–Kier alpha value is -0.870. The molecule has 0 saturated heterocycles. The highest BCUT2D eigenvalue weighted by Gasteiger charge is 2.18. The monoisotopic (exact) mass is 297 g/mol. The van der Waals surface area contributed by atoms with Crippen molar-refractivity contribution in [1.29, 1.82) is 0 Å². The maximum absolute atomic E-state index is 11.4. The maximum Gasteiger partial charge on any atom is 0.320 e. The number of fused-ring (bicyclic) bond motifs is 1. The van der Waals surface area contributed by atoms with Gasteiger partial charge in [-0.3, -0.25) is 9.69 Å². The number of hydrogen-bond donors (Lipinski definition) is 0. The van der Waals surface area contributed by atoms with E-state index in [1.54, 1.807) is 0 Å². The molecule has 0 fully saturated rings. The van der Waals surface area contributed by atoms with Crippen molar-refractivity contribution in [2.75, 3.05) is 19.7 Å². The largest absolute Gasteiger partial charge is 0.465 e. The lowest BCUT2D eigenvalue weighted by atomic mass is 10.00. The van der Waals surface area contributed by atoms with E-state index >= 15 is 0 Å². The molecule has 17 heavy (non-hydrogen) atoms. The summed E-state index contributed by atoms with van der Waals surface area (Å²) in [6.07, 6.45) is 1.00. The highest BCUT2D eigenvalue weighted by molar-refractivity contribution is 9.10. The Morgan fingerprint density at radius 3 is 3.06 bits per heavy atom. The van der Waals surface area contributed by atoms with Crippen LogP contribution in [0.2, 0.25) is 0 Å². The van der Waals surface area contributed by atoms with Crippen LogP contribution in [0.25, 0.3) is 0 Å². The summed E-state index contributed by atoms with van der Waals surface area (Å²) in [6, 6.07) is 6.35. The zero-order valence-corrected chi connectivity index (χ0v) is 11.5. The number of halogens is 1. The van der Waals surface area contributed by atoms with Crippen LogP contribution >= 0.6 is 15.9 Å². The van der Waals surface area contributed by atoms with Gasteiger partial charge in [0, 0.05) is 17.6 Å². The summed E-state index contributed by atoms with van der Waals surface area (Å²) in [4.78, 5) is 13.5. The van der Waals surface area contributed by atoms with Gasteiger partial charge in [-0.05, 0) is 36.6 Å². The lowest BCUT2D eigenvalue weighted by Gasteiger charge is -2.27. The third-order valence-corrected chi connectivity index (χ3v) is 3.41. The number of esters is 1. The van der Waals surface area contributed by atoms with E-state index in [0.29, 0.717) is 13.2 Å². The quantitative estimate of drug-likeness (QED) is 0.802. The maximum atomic E-state index is 11.4. The molecule has 0 amide bonds. The summed E-state index contributed by atoms with van der Waals surface area (Å²) in [5.74, 6) is -0.133. The Balaban J connectivity index is 2.00. The molecule has 0 spiro atoms. The summed E-state index contributed by atoms with van der Waals surface area (Å²) in [7, 11) is 0. The molecule has 0 aliphatic carbocycles. The van der Waals surface area contributed by atoms with Crippen LogP contribution in [0, 0.1) is 0 Å². The summed E-state index contributed by atoms with van der Waals surface area (Å²) in [5, 5.41) is 0. The average molecular weight is 298 g/mol. The topological polar surface area (TPSA) is 29.5 Å². The van der Waals surface area contributed by atoms with E-state index in [1.807, 2.05) is 6.92 Å². The minimum absolute atomic E-state index is 0.133. The van der Waals surface area contributed by atoms with Crippen LogP contribution in [-0.2, 0) is 22.5 Å². The second-order valence-electron chi connectivity index (χ2n) is 4.18. The molecular formula is C13H16BrNO2. The first-order valence-corrected chi connectivity index (χ1v) is 6.63. The molecule has 0 aromatic heterocycles. The number of carbonyl (C=O) groups is 1. The molecule has 1 aliphatic heterocycles. The van der Waals surface area contributed by atoms with Gasteiger partial charge in [0.1, 0.15) is 0 Å². The Morgan fingerprint density at radius 1 is 1.47 bits per heavy atom. The fourth-order valence-electron chi connectivity index (χ4n) is 2.11. The van der Waals surface area contributed by atoms with E-state index in [2.05, 4.69) is 39.0 Å². The molecule has 1 heterocycles. The number of ether oxygens (including phenoxy) is 1. The van der Waals surface area contributed by atoms with Crippen LogP contribution < -0.4 is 0 Å². The number of nitrogens with zero attached hydrogens (tertiary/aromatic N) is 1. The molecule has 0 N–H and O–H groups in total. The van der Waals surface area contributed by atoms with Crippen molar-refractivity contribution in [2.45, 2.75) is 19.9 Å². The van der Waals surface area contributed by atoms with Gasteiger partial charge in [0.2, 0.25) is 0 Å². The van der Waals surface area contributed by atoms with Gasteiger partial charge in [-0.25, -0.2) is 0 Å². The highest BCUT2D eigenvalue weighted by atomic mass is 79.9. The highest BCUT2D eigenvalue weighted by Crippen LogP contribution is 2.22. The Labute approximate surface area is 110 Å². The van der Waals surface area contributed by atoms with Crippen LogP contribution in [0.4, 0.5) is 0 Å². The molecule has 0 saturated carbocycles. The molecule has 0 atom stereocenters. The second-order valence-corrected chi connectivity index (χ2v) is 5.09. The second kappa shape index (κ2) is 5.65. The number of benzene rings is 1. The Bertz CT molecular complexity index is 420. The van der Waals surface area contributed by atoms with E-state index < -0.39 is 0 Å². The van der Waals surface area contributed by atoms with Crippen molar-refractivity contribution in [3.8, 4) is 0 Å². The fourth-order valence-corrected chi connectivity index (χ4v) is 2.52. The summed E-state index contributed by atoms with van der Waals surface area (Å²) in [6.45, 7) is 4.43. The first-order chi connectivity index (χ1) is 8.19. The third-order valence-electron chi connectivity index (χ3n) is 2.92. The SMILES string of the molecule is CCOC(=O)CN1CCc2ccc(Br)cc2C1. The Kier molecular flexibility index (Phi) is 4.18. The smallest absolute Gasteiger partial charge is 0.320 e. The van der Waals surface area contributed by atoms with Gasteiger partial charge in [-0.2, -0.15) is 0 Å². The van der Waals surface area contributed by atoms with Crippen LogP contribution in [0.1, 0.15) is 18.1 Å². The Morgan fingerprint density at radius 2 is 2.29 bits per heavy atom. The van der Waals surface area contributed by atoms with Crippen molar-refractivity contribution in [1.82, 2.24) is 4.90 Å². The van der Waals surface area contributed by atoms with Crippen LogP contribution in [0.15, 0.2) is 22.7 Å². The van der Waals surface area contributed by atoms with E-state index in [1.165, 1.54) is 11.1 Å². The normalized spacial score (nSPS) is 15.4. The predicted octanol–water partition coefficient (Wildman–Crippen LogP) is 2.37. The molecule has 4 heteroatoms. The lowest BCUT2D eigenvalue weighted by molar-refractivity contribution is -0.144. The first-order valence-electron chi connectivity index (χ1n) is 5.84. The minimum atomic E-state index is -0.133. The number of rotatable bonds is 3. The van der Waals surface area contributed by atoms with Gasteiger partial charge in [-0.1, -0.05) is 22.0 Å². The van der Waals surface area contributed by atoms with Crippen molar-refractivity contribution >= 4 is 21.9 Å². The van der Waals surface area contributed by atoms with Crippen molar-refractivity contribution in [2.24, 2.45) is 0 Å². The zero-order chi connectivity index (χ0) is 12.3. The van der Waals surface area contributed by atoms with E-state index in [9.17, 15) is 4.79 Å². The molecule has 2 rings (SSSR count). The number of hydrogen-bond acceptors (Lipinski definition) is 3. The first kappa shape index (κ1) is 12.6. The standard InChI is InChI=1S/C13H16BrNO2/c1-2-17-13(16)9-15-6-5-10-3-4-12(14)7-11(10)8-15/h3-4,7H,2,5-6,8-9H2,1H3. The van der Waals surface area contributed by atoms with Gasteiger partial charge < -0.3 is 4.74 Å². The summed E-state index contributed by atoms with van der Waals surface area (Å²) < 4.78 is 6.06. The zero-order valence-electron chi connectivity index (χ0n) is 9.91. The molecule has 0 radical (unpaired) electrons. The molecule has 1 aromatic carbocycles. The van der Waals surface area contributed by atoms with Gasteiger partial charge in [0.05, 0.1) is 13.2 Å². The van der Waals surface area contributed by atoms with Crippen molar-refractivity contribution < 1.29 is 9.53 Å². The average Bonchev–Trinajstić information content (AvgIpc) is 2.28. The van der Waals surface area contributed by atoms with E-state index in [-0.39, 0.29) is 5.97 Å². The van der Waals surface area contributed by atoms with E-state index in [4.69, 9.17) is 4.74 Å². The molecule has 1 aliphatic rings. The minimum Gasteiger partial charge on any atom is -0.465 e. The molecule has 1 aromatic rings. The molecule has 92 valence electrons. The van der Waals surface area contributed by atoms with Gasteiger partial charge in [-0.15, -0.1) is 0 Å². The molecule has 0 unspecified atom stereocenters. The summed E-state index contributed by atoms with van der Waals surface area (Å²) in [5.41, 5.74) is 2.68. The van der Waals surface area contributed by atoms with Gasteiger partial charge >= 0.3 is 5.97 Å². The third kappa shape index (κ3) is 3.30. The summed E-state index contributed by atoms with van der Waals surface area (Å²) >= 11 is 3.48. The molecule has 0 bridgehead atoms. The molecule has 3 nitrogen and oxygen atoms in total. The molecular weight excluding hydrogens is 282 g/mol. The van der Waals surface area contributed by atoms with Crippen LogP contribution in [0.5, 0.6) is 0 Å². The fraction of sp³-hybridized carbons (Fsp3) is 0.462. The van der Waals surface area contributed by atoms with Gasteiger partial charge in [0.15, 0.2) is 0 Å². The van der Waals surface area contributed by atoms with Crippen LogP contribution in [-0.4, -0.2) is 30.6 Å². The van der Waals surface area contributed by atoms with Gasteiger partial charge in [0.25, 0.3) is 0 Å². The number of carbonyl (C=O) groups excluding carboxylic acids is 1. The van der Waals surface area contributed by atoms with Crippen molar-refractivity contribution in [3.63, 3.8) is 0 Å². The lowest BCUT2D eigenvalue weighted by Crippen LogP contribution is -2.35. The van der Waals surface area contributed by atoms with Crippen molar-refractivity contribution in [3.05, 3.63) is 33.8 Å². The van der Waals surface area contributed by atoms with E-state index in [0.717, 1.165) is 24.0 Å². The predicted molar refractivity (Wildman–Crippen MR) is 69.8 cm³/mol.